The molecule has 0 atom stereocenters. The van der Waals surface area contributed by atoms with Crippen molar-refractivity contribution >= 4 is 33.0 Å². The summed E-state index contributed by atoms with van der Waals surface area (Å²) in [6.45, 7) is 2.14. The first-order valence-electron chi connectivity index (χ1n) is 3.85. The minimum Gasteiger partial charge on any atom is -0.139 e. The maximum atomic E-state index is 5.76. The lowest BCUT2D eigenvalue weighted by Gasteiger charge is -1.91. The van der Waals surface area contributed by atoms with Gasteiger partial charge in [0, 0.05) is 9.58 Å². The van der Waals surface area contributed by atoms with Crippen molar-refractivity contribution in [3.8, 4) is 0 Å². The summed E-state index contributed by atoms with van der Waals surface area (Å²) in [6, 6.07) is 8.52. The highest BCUT2D eigenvalue weighted by atomic mass is 35.5. The summed E-state index contributed by atoms with van der Waals surface area (Å²) in [4.78, 5) is 1.25. The first kappa shape index (κ1) is 8.09. The van der Waals surface area contributed by atoms with Gasteiger partial charge in [-0.05, 0) is 23.9 Å². The Morgan fingerprint density at radius 3 is 2.92 bits per heavy atom. The zero-order valence-electron chi connectivity index (χ0n) is 6.80. The lowest BCUT2D eigenvalue weighted by Crippen LogP contribution is -1.68. The van der Waals surface area contributed by atoms with Crippen LogP contribution < -0.4 is 0 Å². The minimum absolute atomic E-state index is 0.624. The van der Waals surface area contributed by atoms with Gasteiger partial charge >= 0.3 is 0 Å². The molecule has 2 heteroatoms. The van der Waals surface area contributed by atoms with E-state index in [0.29, 0.717) is 5.88 Å². The monoisotopic (exact) mass is 196 g/mol. The predicted molar refractivity (Wildman–Crippen MR) is 56.1 cm³/mol. The number of hydrogen-bond donors (Lipinski definition) is 0. The average molecular weight is 197 g/mol. The van der Waals surface area contributed by atoms with Gasteiger partial charge in [-0.3, -0.25) is 0 Å². The summed E-state index contributed by atoms with van der Waals surface area (Å²) < 4.78 is 1.37. The van der Waals surface area contributed by atoms with Gasteiger partial charge in [-0.2, -0.15) is 0 Å². The highest BCUT2D eigenvalue weighted by molar-refractivity contribution is 7.19. The molecule has 0 amide bonds. The van der Waals surface area contributed by atoms with E-state index in [0.717, 1.165) is 0 Å². The number of alkyl halides is 1. The molecule has 12 heavy (non-hydrogen) atoms. The van der Waals surface area contributed by atoms with Crippen molar-refractivity contribution in [2.24, 2.45) is 0 Å². The Bertz CT molecular complexity index is 403. The zero-order chi connectivity index (χ0) is 8.55. The SMILES string of the molecule is Cc1cccc2cc(CCl)sc12. The molecule has 1 aromatic carbocycles. The largest absolute Gasteiger partial charge is 0.139 e. The number of fused-ring (bicyclic) bond motifs is 1. The van der Waals surface area contributed by atoms with Crippen molar-refractivity contribution in [2.75, 3.05) is 0 Å². The summed E-state index contributed by atoms with van der Waals surface area (Å²) in [6.07, 6.45) is 0. The maximum absolute atomic E-state index is 5.76. The van der Waals surface area contributed by atoms with E-state index in [1.54, 1.807) is 11.3 Å². The number of rotatable bonds is 1. The predicted octanol–water partition coefficient (Wildman–Crippen LogP) is 3.95. The van der Waals surface area contributed by atoms with Gasteiger partial charge in [-0.25, -0.2) is 0 Å². The van der Waals surface area contributed by atoms with Crippen LogP contribution in [0.2, 0.25) is 0 Å². The summed E-state index contributed by atoms with van der Waals surface area (Å²) in [5, 5.41) is 1.32. The molecule has 1 heterocycles. The standard InChI is InChI=1S/C10H9ClS/c1-7-3-2-4-8-5-9(6-11)12-10(7)8/h2-5H,6H2,1H3. The summed E-state index contributed by atoms with van der Waals surface area (Å²) in [5.41, 5.74) is 1.34. The van der Waals surface area contributed by atoms with Crippen LogP contribution in [0.3, 0.4) is 0 Å². The molecule has 0 radical (unpaired) electrons. The van der Waals surface area contributed by atoms with E-state index in [1.165, 1.54) is 20.5 Å². The Labute approximate surface area is 80.8 Å². The second-order valence-electron chi connectivity index (χ2n) is 2.84. The summed E-state index contributed by atoms with van der Waals surface area (Å²) in [5.74, 6) is 0.624. The van der Waals surface area contributed by atoms with Crippen LogP contribution in [0.1, 0.15) is 10.4 Å². The Balaban J connectivity index is 2.74. The van der Waals surface area contributed by atoms with Crippen LogP contribution in [0.5, 0.6) is 0 Å². The van der Waals surface area contributed by atoms with Gasteiger partial charge in [-0.15, -0.1) is 22.9 Å². The van der Waals surface area contributed by atoms with Crippen molar-refractivity contribution < 1.29 is 0 Å². The molecule has 0 saturated carbocycles. The van der Waals surface area contributed by atoms with Crippen LogP contribution in [0.25, 0.3) is 10.1 Å². The van der Waals surface area contributed by atoms with Gasteiger partial charge in [0.25, 0.3) is 0 Å². The topological polar surface area (TPSA) is 0 Å². The lowest BCUT2D eigenvalue weighted by atomic mass is 10.2. The van der Waals surface area contributed by atoms with Crippen molar-refractivity contribution in [1.82, 2.24) is 0 Å². The zero-order valence-corrected chi connectivity index (χ0v) is 8.38. The average Bonchev–Trinajstić information content (AvgIpc) is 2.49. The summed E-state index contributed by atoms with van der Waals surface area (Å²) in [7, 11) is 0. The van der Waals surface area contributed by atoms with E-state index in [1.807, 2.05) is 0 Å². The Morgan fingerprint density at radius 2 is 2.25 bits per heavy atom. The first-order valence-corrected chi connectivity index (χ1v) is 5.20. The van der Waals surface area contributed by atoms with Gasteiger partial charge < -0.3 is 0 Å². The number of benzene rings is 1. The smallest absolute Gasteiger partial charge is 0.0568 e. The van der Waals surface area contributed by atoms with Gasteiger partial charge in [0.1, 0.15) is 0 Å². The van der Waals surface area contributed by atoms with E-state index in [2.05, 4.69) is 31.2 Å². The molecule has 0 aliphatic rings. The molecule has 0 nitrogen and oxygen atoms in total. The molecule has 0 N–H and O–H groups in total. The van der Waals surface area contributed by atoms with E-state index >= 15 is 0 Å². The Morgan fingerprint density at radius 1 is 1.42 bits per heavy atom. The molecule has 62 valence electrons. The molecule has 0 bridgehead atoms. The fraction of sp³-hybridized carbons (Fsp3) is 0.200. The maximum Gasteiger partial charge on any atom is 0.0568 e. The van der Waals surface area contributed by atoms with Crippen LogP contribution in [-0.4, -0.2) is 0 Å². The van der Waals surface area contributed by atoms with Crippen LogP contribution in [0.15, 0.2) is 24.3 Å². The van der Waals surface area contributed by atoms with Crippen LogP contribution >= 0.6 is 22.9 Å². The van der Waals surface area contributed by atoms with Crippen LogP contribution in [0, 0.1) is 6.92 Å². The second kappa shape index (κ2) is 3.08. The van der Waals surface area contributed by atoms with E-state index < -0.39 is 0 Å². The quantitative estimate of drug-likeness (QED) is 0.606. The molecule has 0 saturated heterocycles. The second-order valence-corrected chi connectivity index (χ2v) is 4.24. The van der Waals surface area contributed by atoms with E-state index in [4.69, 9.17) is 11.6 Å². The highest BCUT2D eigenvalue weighted by Crippen LogP contribution is 2.28. The van der Waals surface area contributed by atoms with Crippen LogP contribution in [0.4, 0.5) is 0 Å². The number of thiophene rings is 1. The van der Waals surface area contributed by atoms with Gasteiger partial charge in [0.05, 0.1) is 5.88 Å². The van der Waals surface area contributed by atoms with Gasteiger partial charge in [-0.1, -0.05) is 18.2 Å². The van der Waals surface area contributed by atoms with Crippen molar-refractivity contribution in [2.45, 2.75) is 12.8 Å². The van der Waals surface area contributed by atoms with Gasteiger partial charge in [0.15, 0.2) is 0 Å². The molecular weight excluding hydrogens is 188 g/mol. The van der Waals surface area contributed by atoms with Crippen molar-refractivity contribution in [3.63, 3.8) is 0 Å². The third-order valence-electron chi connectivity index (χ3n) is 1.92. The lowest BCUT2D eigenvalue weighted by molar-refractivity contribution is 1.54. The molecule has 2 aromatic rings. The number of halogens is 1. The number of aryl methyl sites for hydroxylation is 1. The van der Waals surface area contributed by atoms with Crippen molar-refractivity contribution in [3.05, 3.63) is 34.7 Å². The minimum atomic E-state index is 0.624. The van der Waals surface area contributed by atoms with Gasteiger partial charge in [0.2, 0.25) is 0 Å². The summed E-state index contributed by atoms with van der Waals surface area (Å²) >= 11 is 7.55. The first-order chi connectivity index (χ1) is 5.81. The third-order valence-corrected chi connectivity index (χ3v) is 3.66. The normalized spacial score (nSPS) is 10.8. The molecule has 0 fully saturated rings. The van der Waals surface area contributed by atoms with E-state index in [9.17, 15) is 0 Å². The van der Waals surface area contributed by atoms with E-state index in [-0.39, 0.29) is 0 Å². The number of hydrogen-bond acceptors (Lipinski definition) is 1. The molecular formula is C10H9ClS. The molecule has 1 aromatic heterocycles. The molecule has 2 rings (SSSR count). The Hall–Kier alpha value is -0.530. The molecule has 0 spiro atoms. The third kappa shape index (κ3) is 1.23. The fourth-order valence-electron chi connectivity index (χ4n) is 1.33. The van der Waals surface area contributed by atoms with Crippen molar-refractivity contribution in [1.29, 1.82) is 0 Å². The highest BCUT2D eigenvalue weighted by Gasteiger charge is 2.01. The van der Waals surface area contributed by atoms with Crippen LogP contribution in [-0.2, 0) is 5.88 Å². The molecule has 0 aliphatic heterocycles. The Kier molecular flexibility index (Phi) is 2.07. The molecule has 0 aliphatic carbocycles. The fourth-order valence-corrected chi connectivity index (χ4v) is 2.55. The molecule has 0 unspecified atom stereocenters.